The molecule has 5 heterocycles. The summed E-state index contributed by atoms with van der Waals surface area (Å²) in [7, 11) is 1.89. The van der Waals surface area contributed by atoms with Gasteiger partial charge in [0.1, 0.15) is 47.1 Å². The summed E-state index contributed by atoms with van der Waals surface area (Å²) in [6.45, 7) is 1.36. The highest BCUT2D eigenvalue weighted by atomic mass is 35.5. The molecule has 4 aliphatic rings. The minimum absolute atomic E-state index is 0.0172. The van der Waals surface area contributed by atoms with E-state index in [0.717, 1.165) is 50.0 Å². The minimum atomic E-state index is -0.926. The molecule has 0 bridgehead atoms. The number of nitrogen functional groups attached to an aromatic ring is 1. The lowest BCUT2D eigenvalue weighted by molar-refractivity contribution is 0.107. The number of nitrogens with zero attached hydrogens (tertiary/aromatic N) is 5. The molecule has 4 atom stereocenters. The van der Waals surface area contributed by atoms with Crippen molar-refractivity contribution < 1.29 is 22.6 Å². The number of ether oxygens (including phenoxy) is 2. The minimum Gasteiger partial charge on any atom is -0.486 e. The lowest BCUT2D eigenvalue weighted by atomic mass is 9.95. The molecular weight excluding hydrogens is 613 g/mol. The van der Waals surface area contributed by atoms with Crippen molar-refractivity contribution in [2.24, 2.45) is 0 Å². The van der Waals surface area contributed by atoms with Crippen molar-refractivity contribution in [1.29, 1.82) is 5.26 Å². The first-order valence-electron chi connectivity index (χ1n) is 14.8. The zero-order chi connectivity index (χ0) is 30.5. The summed E-state index contributed by atoms with van der Waals surface area (Å²) in [6.07, 6.45) is 3.51. The number of benzene rings is 2. The van der Waals surface area contributed by atoms with Crippen molar-refractivity contribution in [3.8, 4) is 29.0 Å². The molecule has 3 fully saturated rings. The molecule has 2 unspecified atom stereocenters. The van der Waals surface area contributed by atoms with Gasteiger partial charge in [-0.2, -0.15) is 15.2 Å². The number of thiophene rings is 1. The van der Waals surface area contributed by atoms with Crippen LogP contribution in [0.1, 0.15) is 44.1 Å². The largest absolute Gasteiger partial charge is 0.486 e. The number of likely N-dealkylation sites (N-methyl/N-ethyl adjacent to an activating group) is 1. The Morgan fingerprint density at radius 1 is 1.25 bits per heavy atom. The Balaban J connectivity index is 1.35. The molecule has 44 heavy (non-hydrogen) atoms. The van der Waals surface area contributed by atoms with Crippen LogP contribution < -0.4 is 20.1 Å². The number of hydrogen-bond donors (Lipinski definition) is 1. The van der Waals surface area contributed by atoms with Crippen LogP contribution in [0.25, 0.3) is 32.1 Å². The zero-order valence-corrected chi connectivity index (χ0v) is 25.4. The summed E-state index contributed by atoms with van der Waals surface area (Å²) >= 11 is 7.95. The molecule has 228 valence electrons. The maximum absolute atomic E-state index is 17.0. The van der Waals surface area contributed by atoms with Crippen molar-refractivity contribution in [2.45, 2.75) is 62.4 Å². The number of fused-ring (bicyclic) bond motifs is 3. The molecule has 13 heteroatoms. The highest BCUT2D eigenvalue weighted by molar-refractivity contribution is 7.23. The molecule has 0 spiro atoms. The van der Waals surface area contributed by atoms with E-state index in [-0.39, 0.29) is 72.8 Å². The second-order valence-electron chi connectivity index (χ2n) is 12.3. The number of hydrogen-bond acceptors (Lipinski definition) is 9. The normalized spacial score (nSPS) is 26.1. The van der Waals surface area contributed by atoms with Crippen LogP contribution in [0.4, 0.5) is 24.0 Å². The predicted octanol–water partition coefficient (Wildman–Crippen LogP) is 6.60. The topological polar surface area (TPSA) is 101 Å². The summed E-state index contributed by atoms with van der Waals surface area (Å²) in [5.74, 6) is -0.693. The smallest absolute Gasteiger partial charge is 0.319 e. The second-order valence-corrected chi connectivity index (χ2v) is 13.7. The Morgan fingerprint density at radius 3 is 2.91 bits per heavy atom. The van der Waals surface area contributed by atoms with Crippen LogP contribution in [0.2, 0.25) is 5.02 Å². The van der Waals surface area contributed by atoms with E-state index in [4.69, 9.17) is 31.8 Å². The zero-order valence-electron chi connectivity index (χ0n) is 23.8. The van der Waals surface area contributed by atoms with E-state index in [0.29, 0.717) is 24.2 Å². The molecule has 8 rings (SSSR count). The van der Waals surface area contributed by atoms with E-state index in [1.807, 2.05) is 18.0 Å². The highest BCUT2D eigenvalue weighted by Gasteiger charge is 2.49. The molecule has 3 aliphatic heterocycles. The Hall–Kier alpha value is -3.53. The van der Waals surface area contributed by atoms with Gasteiger partial charge in [0.05, 0.1) is 32.3 Å². The Bertz CT molecular complexity index is 1920. The number of halogens is 4. The van der Waals surface area contributed by atoms with Crippen molar-refractivity contribution >= 4 is 54.7 Å². The van der Waals surface area contributed by atoms with Gasteiger partial charge in [-0.15, -0.1) is 11.3 Å². The summed E-state index contributed by atoms with van der Waals surface area (Å²) in [5.41, 5.74) is 5.76. The third kappa shape index (κ3) is 3.91. The first-order valence-corrected chi connectivity index (χ1v) is 15.9. The first kappa shape index (κ1) is 28.0. The van der Waals surface area contributed by atoms with Crippen LogP contribution in [0.15, 0.2) is 12.1 Å². The summed E-state index contributed by atoms with van der Waals surface area (Å²) in [4.78, 5) is 13.4. The molecule has 2 aromatic heterocycles. The lowest BCUT2D eigenvalue weighted by Gasteiger charge is -2.31. The van der Waals surface area contributed by atoms with E-state index >= 15 is 4.39 Å². The molecule has 2 N–H and O–H groups in total. The Kier molecular flexibility index (Phi) is 6.35. The van der Waals surface area contributed by atoms with Crippen LogP contribution >= 0.6 is 22.9 Å². The van der Waals surface area contributed by atoms with E-state index in [9.17, 15) is 14.0 Å². The molecule has 0 amide bonds. The van der Waals surface area contributed by atoms with E-state index in [2.05, 4.69) is 9.88 Å². The first-order chi connectivity index (χ1) is 21.2. The average Bonchev–Trinajstić information content (AvgIpc) is 3.75. The van der Waals surface area contributed by atoms with Crippen molar-refractivity contribution in [3.05, 3.63) is 34.4 Å². The van der Waals surface area contributed by atoms with Crippen LogP contribution in [-0.2, 0) is 0 Å². The number of nitriles is 1. The summed E-state index contributed by atoms with van der Waals surface area (Å²) in [6, 6.07) is 4.58. The van der Waals surface area contributed by atoms with Gasteiger partial charge in [-0.25, -0.2) is 13.2 Å². The monoisotopic (exact) mass is 640 g/mol. The summed E-state index contributed by atoms with van der Waals surface area (Å²) < 4.78 is 59.2. The molecule has 2 saturated heterocycles. The molecule has 8 nitrogen and oxygen atoms in total. The molecule has 0 radical (unpaired) electrons. The highest BCUT2D eigenvalue weighted by Crippen LogP contribution is 2.52. The lowest BCUT2D eigenvalue weighted by Crippen LogP contribution is -2.43. The maximum Gasteiger partial charge on any atom is 0.319 e. The van der Waals surface area contributed by atoms with Gasteiger partial charge in [0, 0.05) is 31.0 Å². The molecule has 1 aliphatic carbocycles. The molecule has 2 aromatic carbocycles. The maximum atomic E-state index is 17.0. The van der Waals surface area contributed by atoms with Crippen molar-refractivity contribution in [3.63, 3.8) is 0 Å². The van der Waals surface area contributed by atoms with Gasteiger partial charge in [0.15, 0.2) is 11.6 Å². The average molecular weight is 641 g/mol. The standard InChI is InChI=1S/C31H28ClF3N6O2S/c1-40-18-4-2-5-19(18)43-26-22-25(38-30(39-29(22)40)42-13-31-8-3-9-41(31)12-14(33)10-31)24(35)21(23(26)32)15-6-7-17(34)27-20(15)16(11-36)28(37)44-27/h6-7,14,18-19H,2-5,8-10,12-13,37H2,1H3/t14-,18?,19?,31+/m1/s1. The summed E-state index contributed by atoms with van der Waals surface area (Å²) in [5, 5.41) is 10.5. The van der Waals surface area contributed by atoms with E-state index in [1.165, 1.54) is 12.1 Å². The van der Waals surface area contributed by atoms with Gasteiger partial charge < -0.3 is 20.1 Å². The van der Waals surface area contributed by atoms with Crippen LogP contribution in [0.3, 0.4) is 0 Å². The SMILES string of the molecule is CN1c2nc(OC[C@@]34CCCN3C[C@H](F)C4)nc3c(F)c(-c4ccc(F)c5sc(N)c(C#N)c45)c(Cl)c(c23)OC2CCCC21. The van der Waals surface area contributed by atoms with Crippen molar-refractivity contribution in [1.82, 2.24) is 14.9 Å². The number of rotatable bonds is 4. The van der Waals surface area contributed by atoms with Crippen LogP contribution in [0.5, 0.6) is 11.8 Å². The van der Waals surface area contributed by atoms with Crippen LogP contribution in [0, 0.1) is 23.0 Å². The van der Waals surface area contributed by atoms with Crippen molar-refractivity contribution in [2.75, 3.05) is 37.4 Å². The van der Waals surface area contributed by atoms with Gasteiger partial charge in [-0.1, -0.05) is 17.7 Å². The second kappa shape index (κ2) is 9.99. The van der Waals surface area contributed by atoms with Crippen LogP contribution in [-0.4, -0.2) is 65.5 Å². The third-order valence-corrected chi connectivity index (χ3v) is 11.3. The molecular formula is C31H28ClF3N6O2S. The number of anilines is 2. The predicted molar refractivity (Wildman–Crippen MR) is 163 cm³/mol. The van der Waals surface area contributed by atoms with Gasteiger partial charge in [-0.3, -0.25) is 4.90 Å². The molecule has 1 saturated carbocycles. The molecule has 4 aromatic rings. The number of aromatic nitrogens is 2. The fourth-order valence-corrected chi connectivity index (χ4v) is 9.13. The fourth-order valence-electron chi connectivity index (χ4n) is 7.85. The fraction of sp³-hybridized carbons (Fsp3) is 0.452. The number of alkyl halides is 1. The Labute approximate surface area is 260 Å². The Morgan fingerprint density at radius 2 is 2.09 bits per heavy atom. The van der Waals surface area contributed by atoms with Gasteiger partial charge in [-0.05, 0) is 50.3 Å². The quantitative estimate of drug-likeness (QED) is 0.266. The number of nitrogens with two attached hydrogens (primary N) is 1. The third-order valence-electron chi connectivity index (χ3n) is 9.89. The van der Waals surface area contributed by atoms with Gasteiger partial charge >= 0.3 is 6.01 Å². The van der Waals surface area contributed by atoms with E-state index < -0.39 is 23.3 Å². The van der Waals surface area contributed by atoms with E-state index in [1.54, 1.807) is 0 Å². The van der Waals surface area contributed by atoms with Gasteiger partial charge in [0.25, 0.3) is 0 Å². The van der Waals surface area contributed by atoms with Gasteiger partial charge in [0.2, 0.25) is 0 Å².